The summed E-state index contributed by atoms with van der Waals surface area (Å²) in [5.74, 6) is 1.38. The molecule has 0 radical (unpaired) electrons. The molecule has 1 aliphatic rings. The molecule has 0 unspecified atom stereocenters. The molecule has 27 heavy (non-hydrogen) atoms. The fraction of sp³-hybridized carbons (Fsp3) is 0.435. The maximum absolute atomic E-state index is 12.3. The van der Waals surface area contributed by atoms with E-state index in [0.717, 1.165) is 51.2 Å². The standard InChI is InChI=1S/C23H30N2O2/c1-2-27-22-10-8-21(9-11-22)23(26)24-18-20-13-16-25(17-14-20)15-12-19-6-4-3-5-7-19/h3-11,20H,2,12-18H2,1H3,(H,24,26). The Morgan fingerprint density at radius 3 is 2.44 bits per heavy atom. The van der Waals surface area contributed by atoms with Crippen LogP contribution in [0.25, 0.3) is 0 Å². The molecule has 3 rings (SSSR count). The van der Waals surface area contributed by atoms with Crippen LogP contribution in [-0.4, -0.2) is 43.6 Å². The molecule has 0 spiro atoms. The summed E-state index contributed by atoms with van der Waals surface area (Å²) in [4.78, 5) is 14.9. The highest BCUT2D eigenvalue weighted by Gasteiger charge is 2.19. The summed E-state index contributed by atoms with van der Waals surface area (Å²) in [5, 5.41) is 3.09. The second-order valence-corrected chi connectivity index (χ2v) is 7.19. The zero-order valence-corrected chi connectivity index (χ0v) is 16.2. The molecule has 144 valence electrons. The largest absolute Gasteiger partial charge is 0.494 e. The summed E-state index contributed by atoms with van der Waals surface area (Å²) < 4.78 is 5.42. The molecule has 0 saturated carbocycles. The number of piperidine rings is 1. The molecule has 0 aromatic heterocycles. The number of carbonyl (C=O) groups excluding carboxylic acids is 1. The SMILES string of the molecule is CCOc1ccc(C(=O)NCC2CCN(CCc3ccccc3)CC2)cc1. The minimum absolute atomic E-state index is 0.00422. The van der Waals surface area contributed by atoms with Crippen molar-refractivity contribution in [1.29, 1.82) is 0 Å². The van der Waals surface area contributed by atoms with E-state index in [9.17, 15) is 4.79 Å². The molecule has 1 saturated heterocycles. The molecule has 1 N–H and O–H groups in total. The van der Waals surface area contributed by atoms with Gasteiger partial charge >= 0.3 is 0 Å². The van der Waals surface area contributed by atoms with Gasteiger partial charge in [-0.2, -0.15) is 0 Å². The molecule has 1 heterocycles. The van der Waals surface area contributed by atoms with Gasteiger partial charge in [0.15, 0.2) is 0 Å². The second-order valence-electron chi connectivity index (χ2n) is 7.19. The van der Waals surface area contributed by atoms with Crippen molar-refractivity contribution in [3.8, 4) is 5.75 Å². The van der Waals surface area contributed by atoms with E-state index in [1.807, 2.05) is 31.2 Å². The predicted octanol–water partition coefficient (Wildman–Crippen LogP) is 3.77. The van der Waals surface area contributed by atoms with Gasteiger partial charge in [0.2, 0.25) is 0 Å². The van der Waals surface area contributed by atoms with Crippen LogP contribution in [0.15, 0.2) is 54.6 Å². The van der Waals surface area contributed by atoms with Crippen LogP contribution in [0.4, 0.5) is 0 Å². The van der Waals surface area contributed by atoms with Crippen LogP contribution in [0.3, 0.4) is 0 Å². The first kappa shape index (κ1) is 19.4. The molecule has 4 heteroatoms. The third-order valence-electron chi connectivity index (χ3n) is 5.25. The number of hydrogen-bond donors (Lipinski definition) is 1. The quantitative estimate of drug-likeness (QED) is 0.773. The molecule has 0 aliphatic carbocycles. The van der Waals surface area contributed by atoms with Crippen molar-refractivity contribution in [2.75, 3.05) is 32.8 Å². The number of amides is 1. The summed E-state index contributed by atoms with van der Waals surface area (Å²) in [6, 6.07) is 18.0. The molecule has 0 atom stereocenters. The third kappa shape index (κ3) is 6.10. The maximum atomic E-state index is 12.3. The van der Waals surface area contributed by atoms with Crippen LogP contribution in [0.5, 0.6) is 5.75 Å². The number of rotatable bonds is 8. The lowest BCUT2D eigenvalue weighted by Crippen LogP contribution is -2.39. The molecule has 1 amide bonds. The Kier molecular flexibility index (Phi) is 7.28. The first-order chi connectivity index (χ1) is 13.2. The minimum atomic E-state index is 0.00422. The Hall–Kier alpha value is -2.33. The summed E-state index contributed by atoms with van der Waals surface area (Å²) in [5.41, 5.74) is 2.10. The number of ether oxygens (including phenoxy) is 1. The van der Waals surface area contributed by atoms with Gasteiger partial charge in [0, 0.05) is 18.7 Å². The smallest absolute Gasteiger partial charge is 0.251 e. The lowest BCUT2D eigenvalue weighted by atomic mass is 9.96. The van der Waals surface area contributed by atoms with Crippen molar-refractivity contribution in [2.24, 2.45) is 5.92 Å². The average Bonchev–Trinajstić information content (AvgIpc) is 2.73. The monoisotopic (exact) mass is 366 g/mol. The van der Waals surface area contributed by atoms with Crippen molar-refractivity contribution in [1.82, 2.24) is 10.2 Å². The number of benzene rings is 2. The van der Waals surface area contributed by atoms with Crippen LogP contribution in [-0.2, 0) is 6.42 Å². The number of nitrogens with zero attached hydrogens (tertiary/aromatic N) is 1. The molecular formula is C23H30N2O2. The van der Waals surface area contributed by atoms with Gasteiger partial charge in [-0.05, 0) is 75.0 Å². The Bertz CT molecular complexity index is 692. The van der Waals surface area contributed by atoms with Crippen molar-refractivity contribution < 1.29 is 9.53 Å². The predicted molar refractivity (Wildman–Crippen MR) is 109 cm³/mol. The van der Waals surface area contributed by atoms with Gasteiger partial charge in [-0.3, -0.25) is 4.79 Å². The van der Waals surface area contributed by atoms with Gasteiger partial charge in [0.25, 0.3) is 5.91 Å². The van der Waals surface area contributed by atoms with E-state index >= 15 is 0 Å². The van der Waals surface area contributed by atoms with Crippen LogP contribution >= 0.6 is 0 Å². The Balaban J connectivity index is 1.36. The Morgan fingerprint density at radius 2 is 1.78 bits per heavy atom. The molecular weight excluding hydrogens is 336 g/mol. The molecule has 2 aromatic carbocycles. The fourth-order valence-corrected chi connectivity index (χ4v) is 3.55. The molecule has 2 aromatic rings. The van der Waals surface area contributed by atoms with Gasteiger partial charge in [-0.25, -0.2) is 0 Å². The van der Waals surface area contributed by atoms with Crippen LogP contribution in [0, 0.1) is 5.92 Å². The van der Waals surface area contributed by atoms with Gasteiger partial charge in [-0.1, -0.05) is 30.3 Å². The summed E-state index contributed by atoms with van der Waals surface area (Å²) in [6.45, 7) is 6.71. The first-order valence-corrected chi connectivity index (χ1v) is 10.0. The number of nitrogens with one attached hydrogen (secondary N) is 1. The number of carbonyl (C=O) groups is 1. The van der Waals surface area contributed by atoms with Gasteiger partial charge in [-0.15, -0.1) is 0 Å². The molecule has 4 nitrogen and oxygen atoms in total. The fourth-order valence-electron chi connectivity index (χ4n) is 3.55. The van der Waals surface area contributed by atoms with Gasteiger partial charge in [0.05, 0.1) is 6.61 Å². The Labute approximate surface area is 162 Å². The first-order valence-electron chi connectivity index (χ1n) is 10.0. The maximum Gasteiger partial charge on any atom is 0.251 e. The lowest BCUT2D eigenvalue weighted by Gasteiger charge is -2.32. The van der Waals surface area contributed by atoms with Gasteiger partial charge in [0.1, 0.15) is 5.75 Å². The van der Waals surface area contributed by atoms with E-state index in [-0.39, 0.29) is 5.91 Å². The van der Waals surface area contributed by atoms with Crippen LogP contribution < -0.4 is 10.1 Å². The van der Waals surface area contributed by atoms with Crippen molar-refractivity contribution in [2.45, 2.75) is 26.2 Å². The van der Waals surface area contributed by atoms with E-state index < -0.39 is 0 Å². The average molecular weight is 367 g/mol. The van der Waals surface area contributed by atoms with Crippen LogP contribution in [0.1, 0.15) is 35.7 Å². The van der Waals surface area contributed by atoms with Gasteiger partial charge < -0.3 is 15.0 Å². The Morgan fingerprint density at radius 1 is 1.07 bits per heavy atom. The zero-order chi connectivity index (χ0) is 18.9. The molecule has 1 fully saturated rings. The third-order valence-corrected chi connectivity index (χ3v) is 5.25. The van der Waals surface area contributed by atoms with E-state index in [2.05, 4.69) is 40.5 Å². The highest BCUT2D eigenvalue weighted by atomic mass is 16.5. The topological polar surface area (TPSA) is 41.6 Å². The highest BCUT2D eigenvalue weighted by molar-refractivity contribution is 5.94. The zero-order valence-electron chi connectivity index (χ0n) is 16.2. The summed E-state index contributed by atoms with van der Waals surface area (Å²) in [7, 11) is 0. The number of likely N-dealkylation sites (tertiary alicyclic amines) is 1. The highest BCUT2D eigenvalue weighted by Crippen LogP contribution is 2.17. The summed E-state index contributed by atoms with van der Waals surface area (Å²) >= 11 is 0. The van der Waals surface area contributed by atoms with E-state index in [4.69, 9.17) is 4.74 Å². The second kappa shape index (κ2) is 10.1. The van der Waals surface area contributed by atoms with E-state index in [0.29, 0.717) is 18.1 Å². The van der Waals surface area contributed by atoms with E-state index in [1.54, 1.807) is 0 Å². The number of hydrogen-bond acceptors (Lipinski definition) is 3. The van der Waals surface area contributed by atoms with E-state index in [1.165, 1.54) is 5.56 Å². The molecule has 0 bridgehead atoms. The van der Waals surface area contributed by atoms with Crippen molar-refractivity contribution in [3.63, 3.8) is 0 Å². The van der Waals surface area contributed by atoms with Crippen LogP contribution in [0.2, 0.25) is 0 Å². The normalized spacial score (nSPS) is 15.4. The lowest BCUT2D eigenvalue weighted by molar-refractivity contribution is 0.0936. The van der Waals surface area contributed by atoms with Crippen molar-refractivity contribution in [3.05, 3.63) is 65.7 Å². The summed E-state index contributed by atoms with van der Waals surface area (Å²) in [6.07, 6.45) is 3.41. The minimum Gasteiger partial charge on any atom is -0.494 e. The van der Waals surface area contributed by atoms with Crippen molar-refractivity contribution >= 4 is 5.91 Å². The molecule has 1 aliphatic heterocycles.